The van der Waals surface area contributed by atoms with E-state index in [4.69, 9.17) is 9.84 Å². The fourth-order valence-corrected chi connectivity index (χ4v) is 2.49. The molecular formula is C19H16O4. The number of benzene rings is 3. The molecule has 0 unspecified atom stereocenters. The predicted octanol–water partition coefficient (Wildman–Crippen LogP) is 3.60. The van der Waals surface area contributed by atoms with E-state index < -0.39 is 5.97 Å². The minimum absolute atomic E-state index is 0.273. The number of carboxylic acid groups (broad SMARTS) is 1. The summed E-state index contributed by atoms with van der Waals surface area (Å²) < 4.78 is 5.11. The number of phenolic OH excluding ortho intramolecular Hbond substituents is 1. The van der Waals surface area contributed by atoms with Crippen LogP contribution in [0.3, 0.4) is 0 Å². The monoisotopic (exact) mass is 308 g/mol. The number of fused-ring (bicyclic) bond motifs is 1. The largest absolute Gasteiger partial charge is 0.508 e. The van der Waals surface area contributed by atoms with Gasteiger partial charge in [0.2, 0.25) is 0 Å². The van der Waals surface area contributed by atoms with Crippen molar-refractivity contribution in [1.29, 1.82) is 0 Å². The molecule has 0 fully saturated rings. The maximum Gasteiger partial charge on any atom is 0.341 e. The number of rotatable bonds is 5. The van der Waals surface area contributed by atoms with Gasteiger partial charge in [-0.25, -0.2) is 4.79 Å². The first-order valence-corrected chi connectivity index (χ1v) is 7.26. The lowest BCUT2D eigenvalue weighted by Gasteiger charge is -2.08. The first-order valence-electron chi connectivity index (χ1n) is 7.26. The number of hydrogen-bond donors (Lipinski definition) is 2. The fraction of sp³-hybridized carbons (Fsp3) is 0.105. The highest BCUT2D eigenvalue weighted by Crippen LogP contribution is 2.27. The molecule has 0 amide bonds. The second-order valence-electron chi connectivity index (χ2n) is 5.33. The van der Waals surface area contributed by atoms with E-state index in [-0.39, 0.29) is 12.4 Å². The Morgan fingerprint density at radius 1 is 0.957 bits per heavy atom. The molecule has 0 bridgehead atoms. The first-order chi connectivity index (χ1) is 11.1. The zero-order valence-corrected chi connectivity index (χ0v) is 12.4. The molecule has 0 aromatic heterocycles. The predicted molar refractivity (Wildman–Crippen MR) is 88.0 cm³/mol. The van der Waals surface area contributed by atoms with E-state index in [9.17, 15) is 9.90 Å². The van der Waals surface area contributed by atoms with Crippen molar-refractivity contribution in [3.05, 3.63) is 71.8 Å². The lowest BCUT2D eigenvalue weighted by molar-refractivity contribution is -0.139. The van der Waals surface area contributed by atoms with Crippen molar-refractivity contribution < 1.29 is 19.7 Å². The van der Waals surface area contributed by atoms with Gasteiger partial charge in [0.05, 0.1) is 0 Å². The summed E-state index contributed by atoms with van der Waals surface area (Å²) in [6, 6.07) is 18.8. The maximum absolute atomic E-state index is 10.5. The maximum atomic E-state index is 10.5. The summed E-state index contributed by atoms with van der Waals surface area (Å²) in [6.07, 6.45) is 0.593. The number of aliphatic carboxylic acids is 1. The molecule has 0 radical (unpaired) electrons. The van der Waals surface area contributed by atoms with Gasteiger partial charge in [0.1, 0.15) is 11.5 Å². The van der Waals surface area contributed by atoms with Gasteiger partial charge in [-0.05, 0) is 46.2 Å². The van der Waals surface area contributed by atoms with Crippen LogP contribution >= 0.6 is 0 Å². The van der Waals surface area contributed by atoms with Crippen molar-refractivity contribution in [2.24, 2.45) is 0 Å². The average Bonchev–Trinajstić information content (AvgIpc) is 2.55. The topological polar surface area (TPSA) is 66.8 Å². The molecular weight excluding hydrogens is 292 g/mol. The second-order valence-corrected chi connectivity index (χ2v) is 5.33. The zero-order valence-electron chi connectivity index (χ0n) is 12.4. The van der Waals surface area contributed by atoms with E-state index in [1.54, 1.807) is 18.2 Å². The highest BCUT2D eigenvalue weighted by Gasteiger charge is 2.06. The summed E-state index contributed by atoms with van der Waals surface area (Å²) in [4.78, 5) is 10.5. The lowest BCUT2D eigenvalue weighted by atomic mass is 10.00. The number of hydrogen-bond acceptors (Lipinski definition) is 3. The van der Waals surface area contributed by atoms with Crippen molar-refractivity contribution >= 4 is 16.7 Å². The third kappa shape index (κ3) is 3.61. The van der Waals surface area contributed by atoms with E-state index in [1.807, 2.05) is 42.5 Å². The Morgan fingerprint density at radius 3 is 2.26 bits per heavy atom. The van der Waals surface area contributed by atoms with E-state index in [2.05, 4.69) is 0 Å². The number of phenols is 1. The van der Waals surface area contributed by atoms with Crippen molar-refractivity contribution in [2.75, 3.05) is 6.61 Å². The summed E-state index contributed by atoms with van der Waals surface area (Å²) in [5, 5.41) is 20.9. The number of ether oxygens (including phenoxy) is 1. The summed E-state index contributed by atoms with van der Waals surface area (Å²) in [6.45, 7) is -0.356. The van der Waals surface area contributed by atoms with E-state index in [0.717, 1.165) is 21.9 Å². The summed E-state index contributed by atoms with van der Waals surface area (Å²) in [5.74, 6) is -0.219. The number of carboxylic acids is 1. The summed E-state index contributed by atoms with van der Waals surface area (Å²) >= 11 is 0. The van der Waals surface area contributed by atoms with Gasteiger partial charge < -0.3 is 14.9 Å². The first kappa shape index (κ1) is 14.9. The highest BCUT2D eigenvalue weighted by molar-refractivity contribution is 5.85. The molecule has 3 aromatic rings. The molecule has 0 saturated carbocycles. The van der Waals surface area contributed by atoms with Crippen LogP contribution in [0.4, 0.5) is 0 Å². The molecule has 0 aliphatic carbocycles. The van der Waals surface area contributed by atoms with Crippen molar-refractivity contribution in [3.63, 3.8) is 0 Å². The van der Waals surface area contributed by atoms with E-state index in [0.29, 0.717) is 12.2 Å². The summed E-state index contributed by atoms with van der Waals surface area (Å²) in [7, 11) is 0. The van der Waals surface area contributed by atoms with Crippen LogP contribution in [0, 0.1) is 0 Å². The highest BCUT2D eigenvalue weighted by atomic mass is 16.5. The third-order valence-electron chi connectivity index (χ3n) is 3.63. The van der Waals surface area contributed by atoms with E-state index in [1.165, 1.54) is 0 Å². The van der Waals surface area contributed by atoms with Gasteiger partial charge in [-0.15, -0.1) is 0 Å². The van der Waals surface area contributed by atoms with Crippen LogP contribution in [0.15, 0.2) is 60.7 Å². The van der Waals surface area contributed by atoms with Crippen LogP contribution in [0.5, 0.6) is 11.5 Å². The van der Waals surface area contributed by atoms with Gasteiger partial charge in [-0.2, -0.15) is 0 Å². The molecule has 0 saturated heterocycles. The Kier molecular flexibility index (Phi) is 4.15. The van der Waals surface area contributed by atoms with Gasteiger partial charge in [-0.1, -0.05) is 36.4 Å². The normalized spacial score (nSPS) is 10.6. The molecule has 23 heavy (non-hydrogen) atoms. The molecule has 3 rings (SSSR count). The Hall–Kier alpha value is -3.01. The minimum Gasteiger partial charge on any atom is -0.508 e. The van der Waals surface area contributed by atoms with Gasteiger partial charge in [0.25, 0.3) is 0 Å². The van der Waals surface area contributed by atoms with E-state index >= 15 is 0 Å². The van der Waals surface area contributed by atoms with Gasteiger partial charge >= 0.3 is 5.97 Å². The Labute approximate surface area is 133 Å². The molecule has 0 atom stereocenters. The van der Waals surface area contributed by atoms with Crippen LogP contribution in [0.25, 0.3) is 10.8 Å². The molecule has 0 spiro atoms. The van der Waals surface area contributed by atoms with Crippen LogP contribution in [0.1, 0.15) is 11.1 Å². The van der Waals surface area contributed by atoms with Gasteiger partial charge in [0, 0.05) is 6.42 Å². The standard InChI is InChI=1S/C19H16O4/c20-18-11-15-4-2-1-3-14(15)10-16(18)9-13-5-7-17(8-6-13)23-12-19(21)22/h1-8,10-11,20H,9,12H2,(H,21,22). The molecule has 0 aliphatic heterocycles. The van der Waals surface area contributed by atoms with Crippen LogP contribution in [0.2, 0.25) is 0 Å². The lowest BCUT2D eigenvalue weighted by Crippen LogP contribution is -2.09. The smallest absolute Gasteiger partial charge is 0.341 e. The Balaban J connectivity index is 1.79. The van der Waals surface area contributed by atoms with Crippen LogP contribution in [-0.4, -0.2) is 22.8 Å². The zero-order chi connectivity index (χ0) is 16.2. The molecule has 116 valence electrons. The molecule has 4 heteroatoms. The average molecular weight is 308 g/mol. The molecule has 0 aliphatic rings. The van der Waals surface area contributed by atoms with Crippen molar-refractivity contribution in [1.82, 2.24) is 0 Å². The summed E-state index contributed by atoms with van der Waals surface area (Å²) in [5.41, 5.74) is 1.86. The molecule has 2 N–H and O–H groups in total. The van der Waals surface area contributed by atoms with Crippen LogP contribution in [-0.2, 0) is 11.2 Å². The Morgan fingerprint density at radius 2 is 1.61 bits per heavy atom. The molecule has 0 heterocycles. The van der Waals surface area contributed by atoms with Crippen molar-refractivity contribution in [3.8, 4) is 11.5 Å². The molecule has 3 aromatic carbocycles. The SMILES string of the molecule is O=C(O)COc1ccc(Cc2cc3ccccc3cc2O)cc1. The Bertz CT molecular complexity index is 838. The third-order valence-corrected chi connectivity index (χ3v) is 3.63. The van der Waals surface area contributed by atoms with Gasteiger partial charge in [0.15, 0.2) is 6.61 Å². The molecule has 4 nitrogen and oxygen atoms in total. The number of carbonyl (C=O) groups is 1. The fourth-order valence-electron chi connectivity index (χ4n) is 2.49. The minimum atomic E-state index is -1.00. The van der Waals surface area contributed by atoms with Crippen LogP contribution < -0.4 is 4.74 Å². The number of aromatic hydroxyl groups is 1. The quantitative estimate of drug-likeness (QED) is 0.756. The second kappa shape index (κ2) is 6.40. The van der Waals surface area contributed by atoms with Crippen molar-refractivity contribution in [2.45, 2.75) is 6.42 Å². The van der Waals surface area contributed by atoms with Gasteiger partial charge in [-0.3, -0.25) is 0 Å².